The van der Waals surface area contributed by atoms with Gasteiger partial charge in [-0.1, -0.05) is 43.7 Å². The number of carbonyl (C=O) groups excluding carboxylic acids is 2. The van der Waals surface area contributed by atoms with Gasteiger partial charge in [-0.25, -0.2) is 4.79 Å². The quantitative estimate of drug-likeness (QED) is 0.719. The molecule has 1 aliphatic rings. The number of benzene rings is 2. The third-order valence-corrected chi connectivity index (χ3v) is 5.17. The minimum atomic E-state index is -0.0654. The zero-order chi connectivity index (χ0) is 19.8. The van der Waals surface area contributed by atoms with E-state index in [1.54, 1.807) is 0 Å². The third kappa shape index (κ3) is 5.35. The lowest BCUT2D eigenvalue weighted by atomic mass is 9.89. The molecule has 1 atom stereocenters. The lowest BCUT2D eigenvalue weighted by Gasteiger charge is -2.33. The van der Waals surface area contributed by atoms with E-state index >= 15 is 0 Å². The van der Waals surface area contributed by atoms with Gasteiger partial charge < -0.3 is 15.5 Å². The van der Waals surface area contributed by atoms with Gasteiger partial charge in [0.25, 0.3) is 5.91 Å². The molecule has 5 heteroatoms. The van der Waals surface area contributed by atoms with Gasteiger partial charge in [-0.15, -0.1) is 0 Å². The summed E-state index contributed by atoms with van der Waals surface area (Å²) >= 11 is 0. The summed E-state index contributed by atoms with van der Waals surface area (Å²) in [5, 5.41) is 5.94. The number of hydrogen-bond donors (Lipinski definition) is 2. The van der Waals surface area contributed by atoms with E-state index in [9.17, 15) is 9.59 Å². The number of unbranched alkanes of at least 4 members (excludes halogenated alkanes) is 1. The Morgan fingerprint density at radius 1 is 1.11 bits per heavy atom. The van der Waals surface area contributed by atoms with Gasteiger partial charge in [-0.3, -0.25) is 4.79 Å². The Bertz CT molecular complexity index is 791. The Balaban J connectivity index is 1.63. The van der Waals surface area contributed by atoms with E-state index in [1.807, 2.05) is 53.4 Å². The van der Waals surface area contributed by atoms with Crippen LogP contribution in [0.1, 0.15) is 54.4 Å². The van der Waals surface area contributed by atoms with Crippen molar-refractivity contribution in [2.75, 3.05) is 25.0 Å². The predicted molar refractivity (Wildman–Crippen MR) is 113 cm³/mol. The largest absolute Gasteiger partial charge is 0.352 e. The number of likely N-dealkylation sites (tertiary alicyclic amines) is 1. The van der Waals surface area contributed by atoms with Crippen molar-refractivity contribution in [2.45, 2.75) is 38.5 Å². The number of urea groups is 1. The third-order valence-electron chi connectivity index (χ3n) is 5.17. The summed E-state index contributed by atoms with van der Waals surface area (Å²) in [5.41, 5.74) is 2.63. The Labute approximate surface area is 167 Å². The Hall–Kier alpha value is -2.82. The zero-order valence-electron chi connectivity index (χ0n) is 16.5. The van der Waals surface area contributed by atoms with E-state index in [2.05, 4.69) is 23.6 Å². The van der Waals surface area contributed by atoms with E-state index in [1.165, 1.54) is 0 Å². The zero-order valence-corrected chi connectivity index (χ0v) is 16.5. The molecule has 0 spiro atoms. The summed E-state index contributed by atoms with van der Waals surface area (Å²) in [6.07, 6.45) is 4.03. The first-order valence-electron chi connectivity index (χ1n) is 10.2. The van der Waals surface area contributed by atoms with Gasteiger partial charge >= 0.3 is 6.03 Å². The molecule has 0 saturated carbocycles. The fourth-order valence-corrected chi connectivity index (χ4v) is 3.57. The number of hydrogen-bond acceptors (Lipinski definition) is 2. The van der Waals surface area contributed by atoms with E-state index in [4.69, 9.17) is 0 Å². The van der Waals surface area contributed by atoms with Crippen molar-refractivity contribution in [1.29, 1.82) is 0 Å². The van der Waals surface area contributed by atoms with Crippen LogP contribution >= 0.6 is 0 Å². The van der Waals surface area contributed by atoms with Crippen LogP contribution < -0.4 is 10.6 Å². The summed E-state index contributed by atoms with van der Waals surface area (Å²) < 4.78 is 0. The maximum atomic E-state index is 12.6. The number of nitrogens with one attached hydrogen (secondary N) is 2. The molecule has 0 bridgehead atoms. The van der Waals surface area contributed by atoms with Crippen LogP contribution in [-0.4, -0.2) is 36.5 Å². The van der Waals surface area contributed by atoms with Gasteiger partial charge in [0.05, 0.1) is 0 Å². The highest BCUT2D eigenvalue weighted by Crippen LogP contribution is 2.28. The van der Waals surface area contributed by atoms with Crippen LogP contribution in [0.2, 0.25) is 0 Å². The second-order valence-electron chi connectivity index (χ2n) is 7.32. The summed E-state index contributed by atoms with van der Waals surface area (Å²) in [7, 11) is 0. The van der Waals surface area contributed by atoms with Crippen molar-refractivity contribution in [3.63, 3.8) is 0 Å². The van der Waals surface area contributed by atoms with Crippen LogP contribution in [0.15, 0.2) is 54.6 Å². The molecule has 0 radical (unpaired) electrons. The van der Waals surface area contributed by atoms with Crippen molar-refractivity contribution in [3.8, 4) is 0 Å². The average Bonchev–Trinajstić information content (AvgIpc) is 2.75. The van der Waals surface area contributed by atoms with Crippen molar-refractivity contribution < 1.29 is 9.59 Å². The van der Waals surface area contributed by atoms with Gasteiger partial charge in [0.15, 0.2) is 0 Å². The Morgan fingerprint density at radius 2 is 1.93 bits per heavy atom. The number of anilines is 1. The molecule has 3 amide bonds. The second-order valence-corrected chi connectivity index (χ2v) is 7.32. The topological polar surface area (TPSA) is 61.4 Å². The molecular weight excluding hydrogens is 350 g/mol. The monoisotopic (exact) mass is 379 g/mol. The maximum absolute atomic E-state index is 12.6. The smallest absolute Gasteiger partial charge is 0.321 e. The van der Waals surface area contributed by atoms with Crippen molar-refractivity contribution in [3.05, 3.63) is 65.7 Å². The summed E-state index contributed by atoms with van der Waals surface area (Å²) in [6.45, 7) is 4.23. The van der Waals surface area contributed by atoms with Gasteiger partial charge in [0.1, 0.15) is 0 Å². The summed E-state index contributed by atoms with van der Waals surface area (Å²) in [6, 6.07) is 17.3. The Kier molecular flexibility index (Phi) is 7.06. The highest BCUT2D eigenvalue weighted by atomic mass is 16.2. The minimum Gasteiger partial charge on any atom is -0.352 e. The lowest BCUT2D eigenvalue weighted by molar-refractivity contribution is 0.0953. The average molecular weight is 380 g/mol. The number of piperidine rings is 1. The minimum absolute atomic E-state index is 0.0233. The molecule has 1 saturated heterocycles. The molecule has 0 aromatic heterocycles. The number of rotatable bonds is 6. The van der Waals surface area contributed by atoms with Crippen molar-refractivity contribution >= 4 is 17.6 Å². The van der Waals surface area contributed by atoms with Crippen LogP contribution in [-0.2, 0) is 0 Å². The van der Waals surface area contributed by atoms with E-state index in [0.29, 0.717) is 18.7 Å². The molecule has 1 heterocycles. The molecule has 1 aliphatic heterocycles. The highest BCUT2D eigenvalue weighted by molar-refractivity contribution is 5.94. The standard InChI is InChI=1S/C23H29N3O2/c1-2-3-14-24-22(27)19-10-7-9-18(16-19)20-11-8-15-26(17-20)23(28)25-21-12-5-4-6-13-21/h4-7,9-10,12-13,16,20H,2-3,8,11,14-15,17H2,1H3,(H,24,27)(H,25,28)/t20-/m0/s1. The molecule has 148 valence electrons. The van der Waals surface area contributed by atoms with E-state index < -0.39 is 0 Å². The van der Waals surface area contributed by atoms with Crippen molar-refractivity contribution in [1.82, 2.24) is 10.2 Å². The molecule has 0 unspecified atom stereocenters. The molecule has 0 aliphatic carbocycles. The molecule has 5 nitrogen and oxygen atoms in total. The second kappa shape index (κ2) is 9.93. The first-order chi connectivity index (χ1) is 13.7. The fourth-order valence-electron chi connectivity index (χ4n) is 3.57. The van der Waals surface area contributed by atoms with Crippen molar-refractivity contribution in [2.24, 2.45) is 0 Å². The van der Waals surface area contributed by atoms with Gasteiger partial charge in [0, 0.05) is 36.8 Å². The van der Waals surface area contributed by atoms with Crippen LogP contribution in [0.3, 0.4) is 0 Å². The molecule has 2 aromatic rings. The van der Waals surface area contributed by atoms with Crippen LogP contribution in [0, 0.1) is 0 Å². The first kappa shape index (κ1) is 19.9. The maximum Gasteiger partial charge on any atom is 0.321 e. The lowest BCUT2D eigenvalue weighted by Crippen LogP contribution is -2.41. The summed E-state index contributed by atoms with van der Waals surface area (Å²) in [4.78, 5) is 26.8. The molecule has 1 fully saturated rings. The molecule has 28 heavy (non-hydrogen) atoms. The van der Waals surface area contributed by atoms with Crippen LogP contribution in [0.5, 0.6) is 0 Å². The van der Waals surface area contributed by atoms with E-state index in [-0.39, 0.29) is 17.9 Å². The van der Waals surface area contributed by atoms with Crippen LogP contribution in [0.25, 0.3) is 0 Å². The number of nitrogens with zero attached hydrogens (tertiary/aromatic N) is 1. The van der Waals surface area contributed by atoms with Gasteiger partial charge in [-0.05, 0) is 49.1 Å². The fraction of sp³-hybridized carbons (Fsp3) is 0.391. The molecule has 2 aromatic carbocycles. The van der Waals surface area contributed by atoms with Gasteiger partial charge in [-0.2, -0.15) is 0 Å². The van der Waals surface area contributed by atoms with Crippen LogP contribution in [0.4, 0.5) is 10.5 Å². The molecule has 3 rings (SSSR count). The number of carbonyl (C=O) groups is 2. The number of amides is 3. The normalized spacial score (nSPS) is 16.5. The SMILES string of the molecule is CCCCNC(=O)c1cccc([C@H]2CCCN(C(=O)Nc3ccccc3)C2)c1. The molecule has 2 N–H and O–H groups in total. The molecular formula is C23H29N3O2. The van der Waals surface area contributed by atoms with E-state index in [0.717, 1.165) is 43.5 Å². The highest BCUT2D eigenvalue weighted by Gasteiger charge is 2.25. The Morgan fingerprint density at radius 3 is 2.71 bits per heavy atom. The summed E-state index contributed by atoms with van der Waals surface area (Å²) in [5.74, 6) is 0.225. The number of para-hydroxylation sites is 1. The first-order valence-corrected chi connectivity index (χ1v) is 10.2. The van der Waals surface area contributed by atoms with Gasteiger partial charge in [0.2, 0.25) is 0 Å². The predicted octanol–water partition coefficient (Wildman–Crippen LogP) is 4.63.